The van der Waals surface area contributed by atoms with Crippen LogP contribution < -0.4 is 28.3 Å². The van der Waals surface area contributed by atoms with Gasteiger partial charge < -0.3 is 46.6 Å². The summed E-state index contributed by atoms with van der Waals surface area (Å²) in [5.74, 6) is 4.65. The van der Waals surface area contributed by atoms with Gasteiger partial charge >= 0.3 is 12.1 Å². The van der Waals surface area contributed by atoms with E-state index in [1.165, 1.54) is 56.9 Å². The number of ether oxygens (including phenoxy) is 5. The first-order valence-corrected chi connectivity index (χ1v) is 21.3. The summed E-state index contributed by atoms with van der Waals surface area (Å²) in [4.78, 5) is 27.7. The first kappa shape index (κ1) is 46.9. The number of nitrogens with zero attached hydrogens (tertiary/aromatic N) is 1. The van der Waals surface area contributed by atoms with Gasteiger partial charge in [0.05, 0.1) is 33.0 Å². The predicted molar refractivity (Wildman–Crippen MR) is 218 cm³/mol. The van der Waals surface area contributed by atoms with Crippen LogP contribution in [0.15, 0.2) is 16.6 Å². The molecule has 8 atom stereocenters. The fraction of sp³-hybridized carbons (Fsp3) is 0.881. The third-order valence-electron chi connectivity index (χ3n) is 13.1. The lowest BCUT2D eigenvalue weighted by molar-refractivity contribution is -0.144. The van der Waals surface area contributed by atoms with Crippen molar-refractivity contribution in [2.45, 2.75) is 137 Å². The first-order chi connectivity index (χ1) is 26.2. The highest BCUT2D eigenvalue weighted by atomic mass is 16.7. The number of esters is 1. The van der Waals surface area contributed by atoms with E-state index in [2.05, 4.69) is 57.9 Å². The number of unbranched alkanes of at least 4 members (excludes halogenated alkanes) is 1. The molecule has 55 heavy (non-hydrogen) atoms. The number of aliphatic imine (C=N–C) groups is 1. The number of carbonyl (C=O) groups is 2. The average Bonchev–Trinajstić information content (AvgIpc) is 3.49. The number of hydrogen-bond acceptors (Lipinski definition) is 11. The van der Waals surface area contributed by atoms with Crippen LogP contribution in [0.5, 0.6) is 0 Å². The van der Waals surface area contributed by atoms with Gasteiger partial charge in [0.15, 0.2) is 5.96 Å². The maximum atomic E-state index is 12.5. The second kappa shape index (κ2) is 23.7. The van der Waals surface area contributed by atoms with Crippen LogP contribution in [0.3, 0.4) is 0 Å². The molecule has 8 unspecified atom stereocenters. The summed E-state index contributed by atoms with van der Waals surface area (Å²) >= 11 is 0. The minimum Gasteiger partial charge on any atom is -0.462 e. The van der Waals surface area contributed by atoms with Gasteiger partial charge in [-0.2, -0.15) is 0 Å². The summed E-state index contributed by atoms with van der Waals surface area (Å²) in [7, 11) is 0. The van der Waals surface area contributed by atoms with Crippen molar-refractivity contribution in [2.75, 3.05) is 52.7 Å². The second-order valence-corrected chi connectivity index (χ2v) is 17.4. The van der Waals surface area contributed by atoms with Crippen molar-refractivity contribution in [3.05, 3.63) is 11.6 Å². The highest BCUT2D eigenvalue weighted by Gasteiger charge is 2.59. The molecule has 3 saturated carbocycles. The van der Waals surface area contributed by atoms with Crippen LogP contribution in [0.1, 0.15) is 125 Å². The number of guanidine groups is 1. The van der Waals surface area contributed by atoms with Crippen molar-refractivity contribution in [2.24, 2.45) is 74.3 Å². The number of nitrogens with one attached hydrogen (secondary N) is 1. The fourth-order valence-corrected chi connectivity index (χ4v) is 10.3. The number of nitrogens with two attached hydrogens (primary N) is 4. The van der Waals surface area contributed by atoms with Gasteiger partial charge in [-0.05, 0) is 97.7 Å². The molecule has 4 aliphatic carbocycles. The summed E-state index contributed by atoms with van der Waals surface area (Å²) in [6.45, 7) is 16.7. The fourth-order valence-electron chi connectivity index (χ4n) is 10.3. The summed E-state index contributed by atoms with van der Waals surface area (Å²) < 4.78 is 26.9. The van der Waals surface area contributed by atoms with E-state index in [9.17, 15) is 9.59 Å². The van der Waals surface area contributed by atoms with Crippen LogP contribution >= 0.6 is 0 Å². The number of rotatable bonds is 21. The minimum absolute atomic E-state index is 0.0547. The zero-order chi connectivity index (χ0) is 40.4. The van der Waals surface area contributed by atoms with Crippen LogP contribution in [-0.4, -0.2) is 83.2 Å². The van der Waals surface area contributed by atoms with Crippen LogP contribution in [0.2, 0.25) is 0 Å². The van der Waals surface area contributed by atoms with Crippen LogP contribution in [0.4, 0.5) is 4.79 Å². The summed E-state index contributed by atoms with van der Waals surface area (Å²) in [6, 6.07) is 0. The molecule has 0 aromatic heterocycles. The van der Waals surface area contributed by atoms with E-state index in [0.29, 0.717) is 18.6 Å². The van der Waals surface area contributed by atoms with E-state index in [4.69, 9.17) is 46.6 Å². The highest BCUT2D eigenvalue weighted by molar-refractivity contribution is 5.75. The molecule has 0 aromatic rings. The standard InChI is InChI=1S/C37H65N3O7.C5H13N3/c1-25(2)7-6-8-26(3)30-11-12-31-29-10-9-27-23-28(13-15-36(27,4)32(29)14-16-37(30,31)5)47-35(42)46-22-20-44-18-17-43-19-21-45-33(41)24-40-34(38)39;1-2-3-4-8-5(6)7/h9,25-26,28-32,34,40H,6-8,10-24,38-39H2,1-5H3;2-4H2,1H3,(H4,6,7,8). The maximum absolute atomic E-state index is 12.5. The molecule has 318 valence electrons. The molecule has 0 bridgehead atoms. The Morgan fingerprint density at radius 3 is 2.24 bits per heavy atom. The molecule has 9 N–H and O–H groups in total. The quantitative estimate of drug-likeness (QED) is 0.0228. The molecule has 4 aliphatic rings. The Morgan fingerprint density at radius 2 is 1.58 bits per heavy atom. The van der Waals surface area contributed by atoms with Crippen molar-refractivity contribution in [3.8, 4) is 0 Å². The topological polar surface area (TPSA) is 209 Å². The van der Waals surface area contributed by atoms with Crippen molar-refractivity contribution < 1.29 is 33.3 Å². The molecule has 0 radical (unpaired) electrons. The van der Waals surface area contributed by atoms with Crippen molar-refractivity contribution >= 4 is 18.1 Å². The van der Waals surface area contributed by atoms with E-state index >= 15 is 0 Å². The van der Waals surface area contributed by atoms with Gasteiger partial charge in [-0.3, -0.25) is 15.1 Å². The molecule has 0 saturated heterocycles. The van der Waals surface area contributed by atoms with Gasteiger partial charge in [0.2, 0.25) is 0 Å². The predicted octanol–water partition coefficient (Wildman–Crippen LogP) is 5.98. The van der Waals surface area contributed by atoms with Gasteiger partial charge in [-0.15, -0.1) is 0 Å². The largest absolute Gasteiger partial charge is 0.508 e. The zero-order valence-corrected chi connectivity index (χ0v) is 35.2. The molecule has 0 amide bonds. The minimum atomic E-state index is -0.764. The SMILES string of the molecule is CC(C)CCCC(C)C1CCC2C3CC=C4CC(OC(=O)OCCOCCOCCOC(=O)CNC(N)N)CCC4(C)C3CCC12C.CCCCN=C(N)N. The first-order valence-electron chi connectivity index (χ1n) is 21.3. The Morgan fingerprint density at radius 1 is 0.891 bits per heavy atom. The smallest absolute Gasteiger partial charge is 0.462 e. The van der Waals surface area contributed by atoms with Gasteiger partial charge in [-0.1, -0.05) is 78.9 Å². The van der Waals surface area contributed by atoms with Crippen molar-refractivity contribution in [1.82, 2.24) is 5.32 Å². The van der Waals surface area contributed by atoms with Crippen LogP contribution in [-0.2, 0) is 28.5 Å². The van der Waals surface area contributed by atoms with Crippen LogP contribution in [0.25, 0.3) is 0 Å². The van der Waals surface area contributed by atoms with E-state index in [1.54, 1.807) is 0 Å². The van der Waals surface area contributed by atoms with E-state index in [1.807, 2.05) is 0 Å². The molecular formula is C42H78N6O7. The normalized spacial score (nSPS) is 28.8. The number of fused-ring (bicyclic) bond motifs is 5. The Labute approximate surface area is 332 Å². The van der Waals surface area contributed by atoms with Crippen LogP contribution in [0, 0.1) is 46.3 Å². The van der Waals surface area contributed by atoms with E-state index in [-0.39, 0.29) is 50.5 Å². The third-order valence-corrected chi connectivity index (χ3v) is 13.1. The van der Waals surface area contributed by atoms with E-state index in [0.717, 1.165) is 74.2 Å². The number of hydrogen-bond donors (Lipinski definition) is 5. The van der Waals surface area contributed by atoms with Crippen molar-refractivity contribution in [3.63, 3.8) is 0 Å². The summed E-state index contributed by atoms with van der Waals surface area (Å²) in [5, 5.41) is 2.57. The van der Waals surface area contributed by atoms with Gasteiger partial charge in [-0.25, -0.2) is 4.79 Å². The van der Waals surface area contributed by atoms with Crippen molar-refractivity contribution in [1.29, 1.82) is 0 Å². The molecule has 0 aromatic carbocycles. The molecule has 0 aliphatic heterocycles. The molecule has 0 heterocycles. The van der Waals surface area contributed by atoms with E-state index < -0.39 is 18.4 Å². The number of allylic oxidation sites excluding steroid dienone is 1. The zero-order valence-electron chi connectivity index (χ0n) is 35.2. The lowest BCUT2D eigenvalue weighted by atomic mass is 9.47. The molecule has 13 heteroatoms. The molecule has 3 fully saturated rings. The average molecular weight is 779 g/mol. The summed E-state index contributed by atoms with van der Waals surface area (Å²) in [6.07, 6.45) is 16.9. The maximum Gasteiger partial charge on any atom is 0.508 e. The van der Waals surface area contributed by atoms with Gasteiger partial charge in [0.25, 0.3) is 0 Å². The molecule has 0 spiro atoms. The third kappa shape index (κ3) is 14.8. The summed E-state index contributed by atoms with van der Waals surface area (Å²) in [5.41, 5.74) is 23.0. The Bertz CT molecular complexity index is 1210. The highest BCUT2D eigenvalue weighted by Crippen LogP contribution is 2.67. The van der Waals surface area contributed by atoms with Gasteiger partial charge in [0, 0.05) is 13.0 Å². The Hall–Kier alpha value is -2.45. The molecule has 4 rings (SSSR count). The Balaban J connectivity index is 0.000000912. The lowest BCUT2D eigenvalue weighted by Crippen LogP contribution is -2.51. The van der Waals surface area contributed by atoms with Gasteiger partial charge in [0.1, 0.15) is 25.6 Å². The second-order valence-electron chi connectivity index (χ2n) is 17.4. The lowest BCUT2D eigenvalue weighted by Gasteiger charge is -2.58. The number of carbonyl (C=O) groups excluding carboxylic acids is 2. The molecular weight excluding hydrogens is 700 g/mol. The Kier molecular flexibility index (Phi) is 20.2. The monoisotopic (exact) mass is 779 g/mol. The molecule has 13 nitrogen and oxygen atoms in total.